The Bertz CT molecular complexity index is 1080. The van der Waals surface area contributed by atoms with E-state index in [-0.39, 0.29) is 5.91 Å². The van der Waals surface area contributed by atoms with Gasteiger partial charge in [0.25, 0.3) is 5.91 Å². The first-order valence-electron chi connectivity index (χ1n) is 8.34. The number of rotatable bonds is 4. The second-order valence-electron chi connectivity index (χ2n) is 6.01. The summed E-state index contributed by atoms with van der Waals surface area (Å²) in [7, 11) is 0. The third-order valence-corrected chi connectivity index (χ3v) is 4.26. The number of halogens is 1. The van der Waals surface area contributed by atoms with Crippen LogP contribution in [0.5, 0.6) is 0 Å². The molecule has 0 aliphatic heterocycles. The van der Waals surface area contributed by atoms with Crippen molar-refractivity contribution < 1.29 is 4.79 Å². The van der Waals surface area contributed by atoms with Crippen molar-refractivity contribution >= 4 is 23.3 Å². The zero-order valence-electron chi connectivity index (χ0n) is 14.5. The van der Waals surface area contributed by atoms with Gasteiger partial charge in [-0.1, -0.05) is 17.7 Å². The molecule has 1 amide bonds. The van der Waals surface area contributed by atoms with Gasteiger partial charge in [-0.25, -0.2) is 9.36 Å². The predicted molar refractivity (Wildman–Crippen MR) is 105 cm³/mol. The smallest absolute Gasteiger partial charge is 0.256 e. The maximum atomic E-state index is 12.7. The average Bonchev–Trinajstić information content (AvgIpc) is 3.32. The quantitative estimate of drug-likeness (QED) is 0.577. The molecule has 0 fully saturated rings. The summed E-state index contributed by atoms with van der Waals surface area (Å²) in [6.07, 6.45) is 3.56. The molecule has 0 saturated heterocycles. The Morgan fingerprint density at radius 1 is 1.04 bits per heavy atom. The lowest BCUT2D eigenvalue weighted by molar-refractivity contribution is 0.102. The van der Waals surface area contributed by atoms with Crippen LogP contribution < -0.4 is 5.32 Å². The summed E-state index contributed by atoms with van der Waals surface area (Å²) >= 11 is 6.08. The molecule has 0 atom stereocenters. The zero-order valence-corrected chi connectivity index (χ0v) is 15.3. The van der Waals surface area contributed by atoms with Crippen LogP contribution in [0.3, 0.4) is 0 Å². The van der Waals surface area contributed by atoms with Crippen LogP contribution in [0.4, 0.5) is 5.82 Å². The number of nitrogens with one attached hydrogen (secondary N) is 1. The van der Waals surface area contributed by atoms with E-state index in [1.165, 1.54) is 0 Å². The van der Waals surface area contributed by atoms with E-state index < -0.39 is 0 Å². The van der Waals surface area contributed by atoms with Gasteiger partial charge in [-0.3, -0.25) is 4.79 Å². The largest absolute Gasteiger partial charge is 0.306 e. The van der Waals surface area contributed by atoms with E-state index in [1.54, 1.807) is 39.8 Å². The number of anilines is 1. The van der Waals surface area contributed by atoms with E-state index in [1.807, 2.05) is 49.5 Å². The third kappa shape index (κ3) is 3.61. The highest BCUT2D eigenvalue weighted by Crippen LogP contribution is 2.21. The highest BCUT2D eigenvalue weighted by Gasteiger charge is 2.13. The molecule has 4 rings (SSSR count). The summed E-state index contributed by atoms with van der Waals surface area (Å²) in [6.45, 7) is 1.87. The topological polar surface area (TPSA) is 64.7 Å². The molecule has 0 aliphatic rings. The molecule has 4 aromatic rings. The molecule has 134 valence electrons. The molecule has 0 aliphatic carbocycles. The summed E-state index contributed by atoms with van der Waals surface area (Å²) in [5.41, 5.74) is 3.00. The van der Waals surface area contributed by atoms with E-state index in [9.17, 15) is 4.79 Å². The van der Waals surface area contributed by atoms with Crippen molar-refractivity contribution in [2.75, 3.05) is 5.32 Å². The van der Waals surface area contributed by atoms with Crippen LogP contribution >= 0.6 is 11.6 Å². The molecular weight excluding hydrogens is 362 g/mol. The van der Waals surface area contributed by atoms with E-state index in [2.05, 4.69) is 15.5 Å². The Hall–Kier alpha value is -3.38. The zero-order chi connectivity index (χ0) is 18.8. The van der Waals surface area contributed by atoms with Gasteiger partial charge in [-0.2, -0.15) is 10.2 Å². The number of carbonyl (C=O) groups excluding carboxylic acids is 1. The number of hydrogen-bond acceptors (Lipinski definition) is 3. The van der Waals surface area contributed by atoms with Crippen LogP contribution in [0, 0.1) is 6.92 Å². The summed E-state index contributed by atoms with van der Waals surface area (Å²) in [5, 5.41) is 12.1. The maximum absolute atomic E-state index is 12.7. The Morgan fingerprint density at radius 2 is 1.85 bits per heavy atom. The van der Waals surface area contributed by atoms with Gasteiger partial charge in [0, 0.05) is 29.0 Å². The van der Waals surface area contributed by atoms with Gasteiger partial charge < -0.3 is 5.32 Å². The van der Waals surface area contributed by atoms with Gasteiger partial charge in [0.05, 0.1) is 17.1 Å². The summed E-state index contributed by atoms with van der Waals surface area (Å²) in [6, 6.07) is 18.2. The maximum Gasteiger partial charge on any atom is 0.256 e. The van der Waals surface area contributed by atoms with Crippen LogP contribution in [0.2, 0.25) is 5.02 Å². The molecule has 2 aromatic carbocycles. The van der Waals surface area contributed by atoms with Gasteiger partial charge in [-0.15, -0.1) is 0 Å². The van der Waals surface area contributed by atoms with Crippen LogP contribution in [-0.2, 0) is 0 Å². The first-order valence-corrected chi connectivity index (χ1v) is 8.72. The second-order valence-corrected chi connectivity index (χ2v) is 6.45. The Labute approximate surface area is 161 Å². The van der Waals surface area contributed by atoms with Crippen molar-refractivity contribution in [3.63, 3.8) is 0 Å². The van der Waals surface area contributed by atoms with Crippen LogP contribution in [0.25, 0.3) is 11.4 Å². The van der Waals surface area contributed by atoms with Crippen LogP contribution in [0.15, 0.2) is 73.1 Å². The molecule has 6 nitrogen and oxygen atoms in total. The predicted octanol–water partition coefficient (Wildman–Crippen LogP) is 4.27. The Kier molecular flexibility index (Phi) is 4.48. The number of carbonyl (C=O) groups is 1. The summed E-state index contributed by atoms with van der Waals surface area (Å²) in [5.74, 6) is 0.362. The van der Waals surface area contributed by atoms with Gasteiger partial charge in [0.15, 0.2) is 0 Å². The number of amides is 1. The van der Waals surface area contributed by atoms with Gasteiger partial charge in [0.2, 0.25) is 0 Å². The first kappa shape index (κ1) is 17.1. The minimum absolute atomic E-state index is 0.217. The van der Waals surface area contributed by atoms with Crippen LogP contribution in [-0.4, -0.2) is 25.5 Å². The van der Waals surface area contributed by atoms with Gasteiger partial charge >= 0.3 is 0 Å². The minimum Gasteiger partial charge on any atom is -0.306 e. The Balaban J connectivity index is 1.58. The van der Waals surface area contributed by atoms with Gasteiger partial charge in [-0.05, 0) is 55.5 Å². The molecular formula is C20H16ClN5O. The highest BCUT2D eigenvalue weighted by molar-refractivity contribution is 6.30. The normalized spacial score (nSPS) is 10.7. The third-order valence-electron chi connectivity index (χ3n) is 4.02. The first-order chi connectivity index (χ1) is 13.1. The molecule has 27 heavy (non-hydrogen) atoms. The molecule has 0 unspecified atom stereocenters. The second kappa shape index (κ2) is 7.09. The fraction of sp³-hybridized carbons (Fsp3) is 0.0500. The lowest BCUT2D eigenvalue weighted by atomic mass is 10.2. The molecule has 2 heterocycles. The summed E-state index contributed by atoms with van der Waals surface area (Å²) < 4.78 is 3.40. The molecule has 1 N–H and O–H groups in total. The van der Waals surface area contributed by atoms with E-state index in [4.69, 9.17) is 11.6 Å². The van der Waals surface area contributed by atoms with E-state index >= 15 is 0 Å². The van der Waals surface area contributed by atoms with Gasteiger partial charge in [0.1, 0.15) is 5.82 Å². The van der Waals surface area contributed by atoms with E-state index in [0.717, 1.165) is 17.1 Å². The van der Waals surface area contributed by atoms with Crippen LogP contribution in [0.1, 0.15) is 16.1 Å². The standard InChI is InChI=1S/C20H16ClN5O/c1-14-12-19(26(24-14)18-5-2-4-16(21)13-18)23-20(27)15-6-8-17(9-7-15)25-11-3-10-22-25/h2-13H,1H3,(H,23,27). The van der Waals surface area contributed by atoms with Crippen molar-refractivity contribution in [3.05, 3.63) is 89.3 Å². The molecule has 0 saturated carbocycles. The number of aromatic nitrogens is 4. The average molecular weight is 378 g/mol. The molecule has 2 aromatic heterocycles. The van der Waals surface area contributed by atoms with Crippen molar-refractivity contribution in [2.45, 2.75) is 6.92 Å². The minimum atomic E-state index is -0.217. The Morgan fingerprint density at radius 3 is 2.56 bits per heavy atom. The van der Waals surface area contributed by atoms with E-state index in [0.29, 0.717) is 16.4 Å². The number of nitrogens with zero attached hydrogens (tertiary/aromatic N) is 4. The monoisotopic (exact) mass is 377 g/mol. The van der Waals surface area contributed by atoms with Crippen molar-refractivity contribution in [3.8, 4) is 11.4 Å². The molecule has 0 bridgehead atoms. The summed E-state index contributed by atoms with van der Waals surface area (Å²) in [4.78, 5) is 12.7. The lowest BCUT2D eigenvalue weighted by Gasteiger charge is -2.10. The lowest BCUT2D eigenvalue weighted by Crippen LogP contribution is -2.15. The SMILES string of the molecule is Cc1cc(NC(=O)c2ccc(-n3cccn3)cc2)n(-c2cccc(Cl)c2)n1. The number of benzene rings is 2. The highest BCUT2D eigenvalue weighted by atomic mass is 35.5. The fourth-order valence-corrected chi connectivity index (χ4v) is 2.95. The molecule has 0 radical (unpaired) electrons. The number of hydrogen-bond donors (Lipinski definition) is 1. The van der Waals surface area contributed by atoms with Crippen molar-refractivity contribution in [1.82, 2.24) is 19.6 Å². The van der Waals surface area contributed by atoms with Crippen molar-refractivity contribution in [2.24, 2.45) is 0 Å². The fourth-order valence-electron chi connectivity index (χ4n) is 2.77. The molecule has 0 spiro atoms. The molecule has 7 heteroatoms. The number of aryl methyl sites for hydroxylation is 1. The van der Waals surface area contributed by atoms with Crippen molar-refractivity contribution in [1.29, 1.82) is 0 Å².